The average molecular weight is 364 g/mol. The lowest BCUT2D eigenvalue weighted by Crippen LogP contribution is -2.10. The number of methoxy groups -OCH3 is 1. The van der Waals surface area contributed by atoms with Crippen molar-refractivity contribution in [2.45, 2.75) is 26.7 Å². The Morgan fingerprint density at radius 3 is 2.63 bits per heavy atom. The molecule has 0 saturated carbocycles. The van der Waals surface area contributed by atoms with Crippen LogP contribution in [0.5, 0.6) is 5.75 Å². The molecule has 1 N–H and O–H groups in total. The maximum atomic E-state index is 12.5. The van der Waals surface area contributed by atoms with Crippen molar-refractivity contribution in [3.63, 3.8) is 0 Å². The number of carbonyl (C=O) groups excluding carboxylic acids is 1. The first-order valence-corrected chi connectivity index (χ1v) is 9.05. The van der Waals surface area contributed by atoms with E-state index in [2.05, 4.69) is 30.2 Å². The molecule has 0 amide bonds. The Bertz CT molecular complexity index is 967. The van der Waals surface area contributed by atoms with Gasteiger partial charge in [-0.1, -0.05) is 44.2 Å². The number of fused-ring (bicyclic) bond motifs is 1. The number of benzene rings is 2. The summed E-state index contributed by atoms with van der Waals surface area (Å²) in [7, 11) is 1.61. The molecule has 3 rings (SSSR count). The second-order valence-electron chi connectivity index (χ2n) is 6.49. The molecule has 0 bridgehead atoms. The van der Waals surface area contributed by atoms with Gasteiger partial charge in [-0.2, -0.15) is 0 Å². The minimum atomic E-state index is -0.403. The van der Waals surface area contributed by atoms with E-state index in [1.54, 1.807) is 20.2 Å². The normalized spacial score (nSPS) is 10.9. The van der Waals surface area contributed by atoms with Gasteiger partial charge in [-0.15, -0.1) is 0 Å². The third kappa shape index (κ3) is 3.72. The number of hydrogen-bond donors (Lipinski definition) is 1. The van der Waals surface area contributed by atoms with Crippen LogP contribution >= 0.6 is 0 Å². The van der Waals surface area contributed by atoms with Crippen LogP contribution in [-0.2, 0) is 4.74 Å². The van der Waals surface area contributed by atoms with Crippen molar-refractivity contribution < 1.29 is 14.3 Å². The van der Waals surface area contributed by atoms with Crippen molar-refractivity contribution in [1.29, 1.82) is 0 Å². The molecule has 5 heteroatoms. The maximum Gasteiger partial charge on any atom is 0.341 e. The zero-order valence-electron chi connectivity index (χ0n) is 16.1. The lowest BCUT2D eigenvalue weighted by molar-refractivity contribution is 0.0527. The summed E-state index contributed by atoms with van der Waals surface area (Å²) in [4.78, 5) is 17.0. The molecule has 0 aliphatic rings. The van der Waals surface area contributed by atoms with Gasteiger partial charge in [0.1, 0.15) is 16.8 Å². The fraction of sp³-hybridized carbons (Fsp3) is 0.273. The molecular weight excluding hydrogens is 340 g/mol. The SMILES string of the molecule is CCOC(=O)c1cnc2c(OC)cccc2c1Nc1ccccc1C(C)C. The molecule has 2 aromatic carbocycles. The summed E-state index contributed by atoms with van der Waals surface area (Å²) in [6.45, 7) is 6.37. The summed E-state index contributed by atoms with van der Waals surface area (Å²) < 4.78 is 10.7. The molecular formula is C22H24N2O3. The number of rotatable bonds is 6. The Labute approximate surface area is 159 Å². The highest BCUT2D eigenvalue weighted by atomic mass is 16.5. The number of ether oxygens (including phenoxy) is 2. The molecule has 3 aromatic rings. The topological polar surface area (TPSA) is 60.5 Å². The van der Waals surface area contributed by atoms with E-state index in [-0.39, 0.29) is 0 Å². The number of aromatic nitrogens is 1. The predicted octanol–water partition coefficient (Wildman–Crippen LogP) is 5.29. The number of para-hydroxylation sites is 2. The van der Waals surface area contributed by atoms with E-state index in [9.17, 15) is 4.79 Å². The molecule has 0 unspecified atom stereocenters. The first kappa shape index (κ1) is 18.7. The van der Waals surface area contributed by atoms with Gasteiger partial charge in [-0.05, 0) is 30.5 Å². The van der Waals surface area contributed by atoms with E-state index in [1.807, 2.05) is 36.4 Å². The molecule has 1 heterocycles. The second kappa shape index (κ2) is 8.08. The van der Waals surface area contributed by atoms with Crippen LogP contribution in [0.15, 0.2) is 48.7 Å². The Balaban J connectivity index is 2.22. The zero-order valence-corrected chi connectivity index (χ0v) is 16.1. The highest BCUT2D eigenvalue weighted by Gasteiger charge is 2.19. The van der Waals surface area contributed by atoms with E-state index in [1.165, 1.54) is 5.56 Å². The minimum absolute atomic E-state index is 0.303. The van der Waals surface area contributed by atoms with Crippen LogP contribution in [0.25, 0.3) is 10.9 Å². The van der Waals surface area contributed by atoms with Crippen molar-refractivity contribution in [1.82, 2.24) is 4.98 Å². The standard InChI is InChI=1S/C22H24N2O3/c1-5-27-22(25)17-13-23-21-16(10-8-12-19(21)26-4)20(17)24-18-11-7-6-9-15(18)14(2)3/h6-14H,5H2,1-4H3,(H,23,24). The summed E-state index contributed by atoms with van der Waals surface area (Å²) in [6.07, 6.45) is 1.54. The second-order valence-corrected chi connectivity index (χ2v) is 6.49. The third-order valence-electron chi connectivity index (χ3n) is 4.42. The van der Waals surface area contributed by atoms with E-state index in [0.29, 0.717) is 35.0 Å². The van der Waals surface area contributed by atoms with Crippen molar-refractivity contribution in [3.05, 3.63) is 59.8 Å². The molecule has 0 aliphatic heterocycles. The molecule has 0 spiro atoms. The summed E-state index contributed by atoms with van der Waals surface area (Å²) in [6, 6.07) is 13.7. The van der Waals surface area contributed by atoms with Crippen LogP contribution in [0.3, 0.4) is 0 Å². The van der Waals surface area contributed by atoms with Gasteiger partial charge in [-0.3, -0.25) is 4.98 Å². The quantitative estimate of drug-likeness (QED) is 0.602. The summed E-state index contributed by atoms with van der Waals surface area (Å²) in [5.41, 5.74) is 3.88. The number of pyridine rings is 1. The fourth-order valence-corrected chi connectivity index (χ4v) is 3.11. The van der Waals surface area contributed by atoms with E-state index < -0.39 is 5.97 Å². The number of anilines is 2. The largest absolute Gasteiger partial charge is 0.494 e. The van der Waals surface area contributed by atoms with Crippen molar-refractivity contribution in [3.8, 4) is 5.75 Å². The number of nitrogens with zero attached hydrogens (tertiary/aromatic N) is 1. The van der Waals surface area contributed by atoms with Crippen molar-refractivity contribution >= 4 is 28.2 Å². The minimum Gasteiger partial charge on any atom is -0.494 e. The van der Waals surface area contributed by atoms with Crippen LogP contribution in [0, 0.1) is 0 Å². The average Bonchev–Trinajstić information content (AvgIpc) is 2.68. The van der Waals surface area contributed by atoms with Gasteiger partial charge in [0.2, 0.25) is 0 Å². The molecule has 5 nitrogen and oxygen atoms in total. The number of carbonyl (C=O) groups is 1. The first-order valence-electron chi connectivity index (χ1n) is 9.05. The molecule has 1 aromatic heterocycles. The van der Waals surface area contributed by atoms with Crippen LogP contribution in [0.4, 0.5) is 11.4 Å². The molecule has 27 heavy (non-hydrogen) atoms. The van der Waals surface area contributed by atoms with Gasteiger partial charge in [0.25, 0.3) is 0 Å². The van der Waals surface area contributed by atoms with E-state index in [4.69, 9.17) is 9.47 Å². The van der Waals surface area contributed by atoms with Crippen LogP contribution in [0.2, 0.25) is 0 Å². The molecule has 0 fully saturated rings. The van der Waals surface area contributed by atoms with Crippen molar-refractivity contribution in [2.75, 3.05) is 19.0 Å². The fourth-order valence-electron chi connectivity index (χ4n) is 3.11. The van der Waals surface area contributed by atoms with Gasteiger partial charge in [0.05, 0.1) is 19.4 Å². The summed E-state index contributed by atoms with van der Waals surface area (Å²) in [5, 5.41) is 4.26. The summed E-state index contributed by atoms with van der Waals surface area (Å²) in [5.74, 6) is 0.588. The maximum absolute atomic E-state index is 12.5. The molecule has 140 valence electrons. The molecule has 0 aliphatic carbocycles. The smallest absolute Gasteiger partial charge is 0.341 e. The van der Waals surface area contributed by atoms with Gasteiger partial charge in [0, 0.05) is 17.3 Å². The lowest BCUT2D eigenvalue weighted by Gasteiger charge is -2.18. The molecule has 0 radical (unpaired) electrons. The van der Waals surface area contributed by atoms with Crippen molar-refractivity contribution in [2.24, 2.45) is 0 Å². The van der Waals surface area contributed by atoms with Gasteiger partial charge in [0.15, 0.2) is 0 Å². The van der Waals surface area contributed by atoms with Gasteiger partial charge >= 0.3 is 5.97 Å². The Hall–Kier alpha value is -3.08. The highest BCUT2D eigenvalue weighted by Crippen LogP contribution is 2.35. The van der Waals surface area contributed by atoms with Crippen LogP contribution < -0.4 is 10.1 Å². The predicted molar refractivity (Wildman–Crippen MR) is 108 cm³/mol. The zero-order chi connectivity index (χ0) is 19.4. The Kier molecular flexibility index (Phi) is 5.60. The third-order valence-corrected chi connectivity index (χ3v) is 4.42. The number of nitrogens with one attached hydrogen (secondary N) is 1. The Morgan fingerprint density at radius 1 is 1.15 bits per heavy atom. The monoisotopic (exact) mass is 364 g/mol. The first-order chi connectivity index (χ1) is 13.1. The Morgan fingerprint density at radius 2 is 1.93 bits per heavy atom. The van der Waals surface area contributed by atoms with E-state index in [0.717, 1.165) is 11.1 Å². The van der Waals surface area contributed by atoms with Gasteiger partial charge in [-0.25, -0.2) is 4.79 Å². The number of esters is 1. The van der Waals surface area contributed by atoms with E-state index >= 15 is 0 Å². The highest BCUT2D eigenvalue weighted by molar-refractivity contribution is 6.07. The van der Waals surface area contributed by atoms with Gasteiger partial charge < -0.3 is 14.8 Å². The lowest BCUT2D eigenvalue weighted by atomic mass is 10.0. The number of hydrogen-bond acceptors (Lipinski definition) is 5. The molecule has 0 atom stereocenters. The van der Waals surface area contributed by atoms with Crippen LogP contribution in [-0.4, -0.2) is 24.7 Å². The summed E-state index contributed by atoms with van der Waals surface area (Å²) >= 11 is 0. The van der Waals surface area contributed by atoms with Crippen LogP contribution in [0.1, 0.15) is 42.6 Å². The molecule has 0 saturated heterocycles.